The van der Waals surface area contributed by atoms with Gasteiger partial charge in [-0.2, -0.15) is 0 Å². The Labute approximate surface area is 193 Å². The first-order valence-corrected chi connectivity index (χ1v) is 11.4. The van der Waals surface area contributed by atoms with Gasteiger partial charge in [0.15, 0.2) is 0 Å². The standard InChI is InChI=1S/C25H30N2O6/c1-5-17-13-27-11-10-24-18-8-6-7-9-20(18)26-25(24,27)21(33-16(3)29)12-19(17)23(24,22(30)31-4)14-32-15(2)28/h5-9,19,21,26H,10-14H2,1-4H3/t19-,21-,23-,24-,25-/m0/s1. The number of methoxy groups -OCH3 is 1. The van der Waals surface area contributed by atoms with Crippen LogP contribution in [0.3, 0.4) is 0 Å². The Morgan fingerprint density at radius 3 is 2.64 bits per heavy atom. The lowest BCUT2D eigenvalue weighted by atomic mass is 9.45. The number of para-hydroxylation sites is 1. The normalized spacial score (nSPS) is 38.7. The summed E-state index contributed by atoms with van der Waals surface area (Å²) >= 11 is 0. The minimum Gasteiger partial charge on any atom is -0.468 e. The number of nitrogens with one attached hydrogen (secondary N) is 1. The molecule has 8 heteroatoms. The maximum atomic E-state index is 14.0. The lowest BCUT2D eigenvalue weighted by Crippen LogP contribution is -2.75. The number of fused-ring (bicyclic) bond motifs is 3. The first kappa shape index (κ1) is 21.9. The number of ether oxygens (including phenoxy) is 3. The van der Waals surface area contributed by atoms with Crippen LogP contribution in [0, 0.1) is 11.3 Å². The topological polar surface area (TPSA) is 94.2 Å². The van der Waals surface area contributed by atoms with E-state index in [1.807, 2.05) is 37.3 Å². The van der Waals surface area contributed by atoms with Crippen LogP contribution >= 0.6 is 0 Å². The molecule has 1 unspecified atom stereocenters. The smallest absolute Gasteiger partial charge is 0.316 e. The SMILES string of the molecule is CC=C1CN2CC[C@@]34c5ccccc5N[C@@]23[C@@H](OC(C)=O)C[C@@H]1[C@@]4(COC(C)=O)C(=O)OC. The predicted octanol–water partition coefficient (Wildman–Crippen LogP) is 2.39. The third kappa shape index (κ3) is 2.47. The number of carbonyl (C=O) groups is 3. The van der Waals surface area contributed by atoms with E-state index in [0.717, 1.165) is 16.8 Å². The van der Waals surface area contributed by atoms with Gasteiger partial charge in [0.1, 0.15) is 23.8 Å². The lowest BCUT2D eigenvalue weighted by Gasteiger charge is -2.60. The molecule has 1 saturated carbocycles. The second-order valence-electron chi connectivity index (χ2n) is 9.51. The lowest BCUT2D eigenvalue weighted by molar-refractivity contribution is -0.196. The van der Waals surface area contributed by atoms with Crippen LogP contribution in [0.2, 0.25) is 0 Å². The Bertz CT molecular complexity index is 1070. The van der Waals surface area contributed by atoms with Crippen LogP contribution in [0.1, 0.15) is 39.2 Å². The number of hydrogen-bond acceptors (Lipinski definition) is 8. The molecule has 1 aromatic carbocycles. The van der Waals surface area contributed by atoms with Crippen molar-refractivity contribution in [2.45, 2.75) is 50.8 Å². The van der Waals surface area contributed by atoms with Crippen LogP contribution in [0.5, 0.6) is 0 Å². The van der Waals surface area contributed by atoms with Crippen LogP contribution in [-0.4, -0.2) is 61.4 Å². The van der Waals surface area contributed by atoms with E-state index in [0.29, 0.717) is 25.9 Å². The molecule has 5 aliphatic rings. The highest BCUT2D eigenvalue weighted by Crippen LogP contribution is 2.73. The van der Waals surface area contributed by atoms with Crippen molar-refractivity contribution in [2.24, 2.45) is 11.3 Å². The molecule has 3 saturated heterocycles. The fourth-order valence-corrected chi connectivity index (χ4v) is 7.51. The molecule has 1 N–H and O–H groups in total. The molecular weight excluding hydrogens is 424 g/mol. The maximum Gasteiger partial charge on any atom is 0.316 e. The van der Waals surface area contributed by atoms with Crippen molar-refractivity contribution in [1.29, 1.82) is 0 Å². The molecule has 1 aliphatic carbocycles. The molecule has 0 aromatic heterocycles. The van der Waals surface area contributed by atoms with E-state index in [1.165, 1.54) is 21.0 Å². The molecule has 8 nitrogen and oxygen atoms in total. The molecule has 1 spiro atoms. The largest absolute Gasteiger partial charge is 0.468 e. The summed E-state index contributed by atoms with van der Waals surface area (Å²) in [6.07, 6.45) is 2.61. The van der Waals surface area contributed by atoms with Crippen LogP contribution < -0.4 is 5.32 Å². The number of anilines is 1. The van der Waals surface area contributed by atoms with E-state index in [4.69, 9.17) is 14.2 Å². The number of carbonyl (C=O) groups excluding carboxylic acids is 3. The molecule has 1 aromatic rings. The van der Waals surface area contributed by atoms with Crippen LogP contribution in [-0.2, 0) is 34.0 Å². The second-order valence-corrected chi connectivity index (χ2v) is 9.51. The molecule has 176 valence electrons. The van der Waals surface area contributed by atoms with E-state index in [9.17, 15) is 14.4 Å². The molecule has 4 bridgehead atoms. The number of rotatable bonds is 4. The van der Waals surface area contributed by atoms with Crippen molar-refractivity contribution in [3.05, 3.63) is 41.5 Å². The zero-order valence-corrected chi connectivity index (χ0v) is 19.5. The van der Waals surface area contributed by atoms with E-state index in [-0.39, 0.29) is 18.5 Å². The molecule has 6 rings (SSSR count). The first-order valence-electron chi connectivity index (χ1n) is 11.4. The summed E-state index contributed by atoms with van der Waals surface area (Å²) in [5.41, 5.74) is 0.0698. The number of esters is 3. The minimum absolute atomic E-state index is 0.102. The van der Waals surface area contributed by atoms with Gasteiger partial charge in [-0.05, 0) is 31.4 Å². The van der Waals surface area contributed by atoms with Gasteiger partial charge in [0.2, 0.25) is 0 Å². The quantitative estimate of drug-likeness (QED) is 0.421. The summed E-state index contributed by atoms with van der Waals surface area (Å²) in [4.78, 5) is 40.6. The average molecular weight is 455 g/mol. The molecule has 0 radical (unpaired) electrons. The summed E-state index contributed by atoms with van der Waals surface area (Å²) < 4.78 is 17.2. The van der Waals surface area contributed by atoms with E-state index < -0.39 is 34.5 Å². The number of nitrogens with zero attached hydrogens (tertiary/aromatic N) is 1. The summed E-state index contributed by atoms with van der Waals surface area (Å²) in [5.74, 6) is -1.54. The highest BCUT2D eigenvalue weighted by atomic mass is 16.6. The monoisotopic (exact) mass is 454 g/mol. The van der Waals surface area contributed by atoms with Crippen LogP contribution in [0.4, 0.5) is 5.69 Å². The molecule has 0 amide bonds. The van der Waals surface area contributed by atoms with Gasteiger partial charge in [-0.1, -0.05) is 29.8 Å². The van der Waals surface area contributed by atoms with Crippen LogP contribution in [0.25, 0.3) is 0 Å². The molecule has 6 atom stereocenters. The Hall–Kier alpha value is -2.87. The van der Waals surface area contributed by atoms with E-state index in [1.54, 1.807) is 0 Å². The average Bonchev–Trinajstić information content (AvgIpc) is 3.21. The van der Waals surface area contributed by atoms with Gasteiger partial charge in [0.05, 0.1) is 12.5 Å². The molecule has 4 heterocycles. The highest BCUT2D eigenvalue weighted by molar-refractivity contribution is 5.86. The predicted molar refractivity (Wildman–Crippen MR) is 119 cm³/mol. The van der Waals surface area contributed by atoms with Gasteiger partial charge < -0.3 is 19.5 Å². The van der Waals surface area contributed by atoms with Crippen molar-refractivity contribution in [3.8, 4) is 0 Å². The number of hydrogen-bond donors (Lipinski definition) is 1. The zero-order chi connectivity index (χ0) is 23.6. The van der Waals surface area contributed by atoms with Gasteiger partial charge in [0.25, 0.3) is 0 Å². The highest BCUT2D eigenvalue weighted by Gasteiger charge is 2.84. The summed E-state index contributed by atoms with van der Waals surface area (Å²) in [7, 11) is 1.39. The Morgan fingerprint density at radius 1 is 1.21 bits per heavy atom. The third-order valence-corrected chi connectivity index (χ3v) is 8.44. The van der Waals surface area contributed by atoms with Crippen molar-refractivity contribution < 1.29 is 28.6 Å². The molecule has 4 aliphatic heterocycles. The fraction of sp³-hybridized carbons (Fsp3) is 0.560. The Balaban J connectivity index is 1.88. The van der Waals surface area contributed by atoms with Gasteiger partial charge in [-0.15, -0.1) is 0 Å². The van der Waals surface area contributed by atoms with Crippen molar-refractivity contribution >= 4 is 23.6 Å². The van der Waals surface area contributed by atoms with Crippen molar-refractivity contribution in [2.75, 3.05) is 32.1 Å². The number of benzene rings is 1. The van der Waals surface area contributed by atoms with E-state index >= 15 is 0 Å². The second kappa shape index (κ2) is 7.32. The van der Waals surface area contributed by atoms with Gasteiger partial charge in [-0.3, -0.25) is 19.3 Å². The van der Waals surface area contributed by atoms with Crippen molar-refractivity contribution in [1.82, 2.24) is 4.90 Å². The maximum absolute atomic E-state index is 14.0. The van der Waals surface area contributed by atoms with Crippen LogP contribution in [0.15, 0.2) is 35.9 Å². The van der Waals surface area contributed by atoms with Gasteiger partial charge in [-0.25, -0.2) is 0 Å². The molecular formula is C25H30N2O6. The Morgan fingerprint density at radius 2 is 1.97 bits per heavy atom. The van der Waals surface area contributed by atoms with Gasteiger partial charge in [0, 0.05) is 38.5 Å². The van der Waals surface area contributed by atoms with Gasteiger partial charge >= 0.3 is 17.9 Å². The Kier molecular flexibility index (Phi) is 4.87. The summed E-state index contributed by atoms with van der Waals surface area (Å²) in [5, 5.41) is 3.72. The molecule has 4 fully saturated rings. The minimum atomic E-state index is -1.18. The summed E-state index contributed by atoms with van der Waals surface area (Å²) in [6.45, 7) is 5.96. The zero-order valence-electron chi connectivity index (χ0n) is 19.5. The summed E-state index contributed by atoms with van der Waals surface area (Å²) in [6, 6.07) is 7.93. The fourth-order valence-electron chi connectivity index (χ4n) is 7.51. The number of allylic oxidation sites excluding steroid dienone is 1. The van der Waals surface area contributed by atoms with E-state index in [2.05, 4.69) is 10.2 Å². The van der Waals surface area contributed by atoms with Crippen molar-refractivity contribution in [3.63, 3.8) is 0 Å². The first-order chi connectivity index (χ1) is 15.8. The third-order valence-electron chi connectivity index (χ3n) is 8.44. The molecule has 33 heavy (non-hydrogen) atoms.